The highest BCUT2D eigenvalue weighted by Gasteiger charge is 2.26. The fraction of sp³-hybridized carbons (Fsp3) is 0.333. The summed E-state index contributed by atoms with van der Waals surface area (Å²) in [6.07, 6.45) is 4.64. The number of aliphatic hydroxyl groups is 1. The molecule has 1 aromatic rings. The van der Waals surface area contributed by atoms with Crippen molar-refractivity contribution in [2.45, 2.75) is 12.1 Å². The van der Waals surface area contributed by atoms with Gasteiger partial charge >= 0.3 is 0 Å². The first kappa shape index (κ1) is 8.19. The molecule has 0 saturated heterocycles. The topological polar surface area (TPSA) is 54.7 Å². The second-order valence-corrected chi connectivity index (χ2v) is 2.84. The van der Waals surface area contributed by atoms with Gasteiger partial charge in [-0.3, -0.25) is 4.98 Å². The molecular formula is C9H10N2O2. The van der Waals surface area contributed by atoms with Crippen LogP contribution in [-0.2, 0) is 4.74 Å². The van der Waals surface area contributed by atoms with Gasteiger partial charge in [0.1, 0.15) is 12.1 Å². The van der Waals surface area contributed by atoms with Gasteiger partial charge in [0.15, 0.2) is 6.40 Å². The van der Waals surface area contributed by atoms with Crippen molar-refractivity contribution in [3.63, 3.8) is 0 Å². The van der Waals surface area contributed by atoms with Crippen LogP contribution in [0.2, 0.25) is 0 Å². The van der Waals surface area contributed by atoms with Crippen molar-refractivity contribution in [3.8, 4) is 0 Å². The van der Waals surface area contributed by atoms with Gasteiger partial charge < -0.3 is 9.84 Å². The van der Waals surface area contributed by atoms with Gasteiger partial charge in [0.05, 0.1) is 6.61 Å². The molecular weight excluding hydrogens is 168 g/mol. The maximum atomic E-state index is 8.99. The van der Waals surface area contributed by atoms with Crippen molar-refractivity contribution in [2.75, 3.05) is 6.61 Å². The number of pyridine rings is 1. The number of hydrogen-bond acceptors (Lipinski definition) is 4. The third kappa shape index (κ3) is 1.53. The standard InChI is InChI=1S/C9H10N2O2/c12-5-8-9(13-6-11-8)7-1-3-10-4-2-7/h1-4,6,8-9,12H,5H2/t8-,9?/m1/s1. The van der Waals surface area contributed by atoms with Crippen LogP contribution in [0.5, 0.6) is 0 Å². The van der Waals surface area contributed by atoms with E-state index >= 15 is 0 Å². The van der Waals surface area contributed by atoms with E-state index in [2.05, 4.69) is 9.98 Å². The first-order chi connectivity index (χ1) is 6.42. The maximum Gasteiger partial charge on any atom is 0.170 e. The minimum Gasteiger partial charge on any atom is -0.473 e. The highest BCUT2D eigenvalue weighted by atomic mass is 16.5. The molecule has 0 fully saturated rings. The summed E-state index contributed by atoms with van der Waals surface area (Å²) in [5, 5.41) is 8.99. The molecule has 2 atom stereocenters. The molecule has 0 saturated carbocycles. The zero-order chi connectivity index (χ0) is 9.10. The Labute approximate surface area is 75.9 Å². The SMILES string of the molecule is OC[C@H]1N=COC1c1ccncc1. The number of ether oxygens (including phenoxy) is 1. The third-order valence-electron chi connectivity index (χ3n) is 2.03. The minimum absolute atomic E-state index is 0.00346. The first-order valence-corrected chi connectivity index (χ1v) is 4.09. The number of nitrogens with zero attached hydrogens (tertiary/aromatic N) is 2. The maximum absolute atomic E-state index is 8.99. The summed E-state index contributed by atoms with van der Waals surface area (Å²) in [7, 11) is 0. The zero-order valence-electron chi connectivity index (χ0n) is 7.00. The Bertz CT molecular complexity index is 300. The fourth-order valence-electron chi connectivity index (χ4n) is 1.34. The van der Waals surface area contributed by atoms with Crippen LogP contribution in [0, 0.1) is 0 Å². The Kier molecular flexibility index (Phi) is 2.23. The van der Waals surface area contributed by atoms with Crippen molar-refractivity contribution < 1.29 is 9.84 Å². The molecule has 0 spiro atoms. The molecule has 0 bridgehead atoms. The molecule has 2 rings (SSSR count). The largest absolute Gasteiger partial charge is 0.473 e. The summed E-state index contributed by atoms with van der Waals surface area (Å²) < 4.78 is 5.26. The molecule has 4 heteroatoms. The van der Waals surface area contributed by atoms with E-state index in [4.69, 9.17) is 9.84 Å². The van der Waals surface area contributed by atoms with Crippen LogP contribution in [0.4, 0.5) is 0 Å². The van der Waals surface area contributed by atoms with Crippen molar-refractivity contribution in [1.29, 1.82) is 0 Å². The highest BCUT2D eigenvalue weighted by molar-refractivity contribution is 5.51. The van der Waals surface area contributed by atoms with Gasteiger partial charge in [0, 0.05) is 12.4 Å². The summed E-state index contributed by atoms with van der Waals surface area (Å²) >= 11 is 0. The Hall–Kier alpha value is -1.42. The normalized spacial score (nSPS) is 25.9. The van der Waals surface area contributed by atoms with Crippen LogP contribution in [0.1, 0.15) is 11.7 Å². The molecule has 1 unspecified atom stereocenters. The quantitative estimate of drug-likeness (QED) is 0.719. The summed E-state index contributed by atoms with van der Waals surface area (Å²) in [4.78, 5) is 7.90. The van der Waals surface area contributed by atoms with Gasteiger partial charge in [-0.2, -0.15) is 0 Å². The number of rotatable bonds is 2. The lowest BCUT2D eigenvalue weighted by Gasteiger charge is -2.14. The van der Waals surface area contributed by atoms with Gasteiger partial charge in [-0.05, 0) is 17.7 Å². The van der Waals surface area contributed by atoms with E-state index in [9.17, 15) is 0 Å². The molecule has 2 heterocycles. The Morgan fingerprint density at radius 1 is 1.38 bits per heavy atom. The lowest BCUT2D eigenvalue weighted by Crippen LogP contribution is -2.17. The molecule has 1 aliphatic rings. The van der Waals surface area contributed by atoms with Gasteiger partial charge in [-0.25, -0.2) is 4.99 Å². The summed E-state index contributed by atoms with van der Waals surface area (Å²) in [6, 6.07) is 3.55. The molecule has 0 aliphatic carbocycles. The number of aliphatic imine (C=N–C) groups is 1. The third-order valence-corrected chi connectivity index (χ3v) is 2.03. The van der Waals surface area contributed by atoms with Crippen LogP contribution in [0.15, 0.2) is 29.5 Å². The van der Waals surface area contributed by atoms with Crippen molar-refractivity contribution in [3.05, 3.63) is 30.1 Å². The predicted octanol–water partition coefficient (Wildman–Crippen LogP) is 0.542. The average Bonchev–Trinajstić information content (AvgIpc) is 2.67. The molecule has 1 aliphatic heterocycles. The van der Waals surface area contributed by atoms with Crippen molar-refractivity contribution in [2.24, 2.45) is 4.99 Å². The van der Waals surface area contributed by atoms with Gasteiger partial charge in [0.25, 0.3) is 0 Å². The second-order valence-electron chi connectivity index (χ2n) is 2.84. The number of hydrogen-bond donors (Lipinski definition) is 1. The Morgan fingerprint density at radius 2 is 2.15 bits per heavy atom. The number of aliphatic hydroxyl groups excluding tert-OH is 1. The van der Waals surface area contributed by atoms with Crippen LogP contribution in [0.25, 0.3) is 0 Å². The van der Waals surface area contributed by atoms with Gasteiger partial charge in [-0.15, -0.1) is 0 Å². The van der Waals surface area contributed by atoms with Crippen LogP contribution >= 0.6 is 0 Å². The predicted molar refractivity (Wildman–Crippen MR) is 47.4 cm³/mol. The molecule has 13 heavy (non-hydrogen) atoms. The molecule has 0 amide bonds. The fourth-order valence-corrected chi connectivity index (χ4v) is 1.34. The molecule has 0 aromatic carbocycles. The van der Waals surface area contributed by atoms with E-state index in [1.807, 2.05) is 12.1 Å². The summed E-state index contributed by atoms with van der Waals surface area (Å²) in [5.74, 6) is 0. The van der Waals surface area contributed by atoms with E-state index < -0.39 is 0 Å². The van der Waals surface area contributed by atoms with E-state index in [0.29, 0.717) is 0 Å². The Morgan fingerprint density at radius 3 is 2.85 bits per heavy atom. The molecule has 1 aromatic heterocycles. The summed E-state index contributed by atoms with van der Waals surface area (Å²) in [6.45, 7) is 0.00346. The van der Waals surface area contributed by atoms with E-state index in [-0.39, 0.29) is 18.8 Å². The van der Waals surface area contributed by atoms with Crippen LogP contribution < -0.4 is 0 Å². The lowest BCUT2D eigenvalue weighted by atomic mass is 10.1. The smallest absolute Gasteiger partial charge is 0.170 e. The lowest BCUT2D eigenvalue weighted by molar-refractivity contribution is 0.156. The van der Waals surface area contributed by atoms with E-state index in [1.165, 1.54) is 6.40 Å². The number of aromatic nitrogens is 1. The summed E-state index contributed by atoms with van der Waals surface area (Å²) in [5.41, 5.74) is 0.992. The monoisotopic (exact) mass is 178 g/mol. The van der Waals surface area contributed by atoms with Crippen molar-refractivity contribution in [1.82, 2.24) is 4.98 Å². The average molecular weight is 178 g/mol. The van der Waals surface area contributed by atoms with E-state index in [1.54, 1.807) is 12.4 Å². The van der Waals surface area contributed by atoms with Crippen molar-refractivity contribution >= 4 is 6.40 Å². The van der Waals surface area contributed by atoms with Gasteiger partial charge in [-0.1, -0.05) is 0 Å². The van der Waals surface area contributed by atoms with Crippen LogP contribution in [0.3, 0.4) is 0 Å². The van der Waals surface area contributed by atoms with Crippen LogP contribution in [-0.4, -0.2) is 29.1 Å². The molecule has 68 valence electrons. The van der Waals surface area contributed by atoms with E-state index in [0.717, 1.165) is 5.56 Å². The molecule has 0 radical (unpaired) electrons. The highest BCUT2D eigenvalue weighted by Crippen LogP contribution is 2.25. The zero-order valence-corrected chi connectivity index (χ0v) is 7.00. The minimum atomic E-state index is -0.178. The molecule has 4 nitrogen and oxygen atoms in total. The molecule has 1 N–H and O–H groups in total. The first-order valence-electron chi connectivity index (χ1n) is 4.09. The van der Waals surface area contributed by atoms with Gasteiger partial charge in [0.2, 0.25) is 0 Å². The Balaban J connectivity index is 2.18. The second kappa shape index (κ2) is 3.53.